The van der Waals surface area contributed by atoms with Crippen LogP contribution in [0.1, 0.15) is 18.1 Å². The number of carbonyl (C=O) groups is 1. The molecular weight excluding hydrogens is 320 g/mol. The molecule has 0 aliphatic carbocycles. The first-order valence-electron chi connectivity index (χ1n) is 7.66. The minimum Gasteiger partial charge on any atom is -0.321 e. The van der Waals surface area contributed by atoms with E-state index in [0.29, 0.717) is 5.69 Å². The molecule has 7 heteroatoms. The van der Waals surface area contributed by atoms with Crippen LogP contribution in [-0.2, 0) is 25.3 Å². The molecule has 0 unspecified atom stereocenters. The highest BCUT2D eigenvalue weighted by Gasteiger charge is 2.12. The van der Waals surface area contributed by atoms with Crippen LogP contribution in [0.25, 0.3) is 6.08 Å². The summed E-state index contributed by atoms with van der Waals surface area (Å²) in [5.41, 5.74) is 0.476. The standard InChI is InChI=1S/C18H18N4O3/c1-4-12-5-7-15(8-6-12)20-16(23)13(10-19)9-14-11-21(2)18(25)22(3)17(14)24/h5-9,11H,4H2,1-3H3,(H,20,23)/b13-9+. The number of nitriles is 1. The molecule has 128 valence electrons. The summed E-state index contributed by atoms with van der Waals surface area (Å²) in [6.07, 6.45) is 3.36. The van der Waals surface area contributed by atoms with Crippen molar-refractivity contribution in [3.05, 3.63) is 68.0 Å². The first kappa shape index (κ1) is 17.9. The molecule has 0 saturated heterocycles. The maximum absolute atomic E-state index is 12.3. The van der Waals surface area contributed by atoms with Gasteiger partial charge in [0.05, 0.1) is 5.56 Å². The molecule has 7 nitrogen and oxygen atoms in total. The normalized spacial score (nSPS) is 11.0. The molecule has 25 heavy (non-hydrogen) atoms. The van der Waals surface area contributed by atoms with Crippen molar-refractivity contribution >= 4 is 17.7 Å². The average Bonchev–Trinajstić information content (AvgIpc) is 2.62. The van der Waals surface area contributed by atoms with E-state index in [-0.39, 0.29) is 11.1 Å². The maximum Gasteiger partial charge on any atom is 0.330 e. The van der Waals surface area contributed by atoms with E-state index in [1.54, 1.807) is 18.2 Å². The second-order valence-corrected chi connectivity index (χ2v) is 5.52. The molecular formula is C18H18N4O3. The lowest BCUT2D eigenvalue weighted by Gasteiger charge is -2.06. The fourth-order valence-electron chi connectivity index (χ4n) is 2.26. The van der Waals surface area contributed by atoms with Gasteiger partial charge in [0.15, 0.2) is 0 Å². The van der Waals surface area contributed by atoms with Crippen molar-refractivity contribution in [3.8, 4) is 6.07 Å². The van der Waals surface area contributed by atoms with Crippen molar-refractivity contribution in [1.29, 1.82) is 5.26 Å². The molecule has 0 aliphatic rings. The Balaban J connectivity index is 2.34. The predicted octanol–water partition coefficient (Wildman–Crippen LogP) is 1.19. The van der Waals surface area contributed by atoms with Gasteiger partial charge >= 0.3 is 5.69 Å². The zero-order chi connectivity index (χ0) is 18.6. The Morgan fingerprint density at radius 2 is 1.88 bits per heavy atom. The number of nitrogens with zero attached hydrogens (tertiary/aromatic N) is 3. The van der Waals surface area contributed by atoms with Gasteiger partial charge in [0.1, 0.15) is 11.6 Å². The molecule has 0 bridgehead atoms. The van der Waals surface area contributed by atoms with Crippen molar-refractivity contribution < 1.29 is 4.79 Å². The zero-order valence-corrected chi connectivity index (χ0v) is 14.2. The summed E-state index contributed by atoms with van der Waals surface area (Å²) >= 11 is 0. The molecule has 0 radical (unpaired) electrons. The molecule has 2 aromatic rings. The van der Waals surface area contributed by atoms with Gasteiger partial charge < -0.3 is 9.88 Å². The Bertz CT molecular complexity index is 989. The fourth-order valence-corrected chi connectivity index (χ4v) is 2.26. The molecule has 1 aromatic heterocycles. The Labute approximate surface area is 144 Å². The number of carbonyl (C=O) groups excluding carboxylic acids is 1. The molecule has 0 fully saturated rings. The van der Waals surface area contributed by atoms with Crippen molar-refractivity contribution in [3.63, 3.8) is 0 Å². The van der Waals surface area contributed by atoms with Gasteiger partial charge in [-0.05, 0) is 30.2 Å². The van der Waals surface area contributed by atoms with E-state index in [0.717, 1.165) is 16.6 Å². The third-order valence-corrected chi connectivity index (χ3v) is 3.76. The van der Waals surface area contributed by atoms with Crippen LogP contribution in [0.4, 0.5) is 5.69 Å². The van der Waals surface area contributed by atoms with Gasteiger partial charge in [-0.25, -0.2) is 4.79 Å². The van der Waals surface area contributed by atoms with Crippen molar-refractivity contribution in [1.82, 2.24) is 9.13 Å². The first-order valence-corrected chi connectivity index (χ1v) is 7.66. The molecule has 0 spiro atoms. The predicted molar refractivity (Wildman–Crippen MR) is 95.0 cm³/mol. The average molecular weight is 338 g/mol. The van der Waals surface area contributed by atoms with Crippen LogP contribution in [0.3, 0.4) is 0 Å². The van der Waals surface area contributed by atoms with Crippen LogP contribution in [0.2, 0.25) is 0 Å². The summed E-state index contributed by atoms with van der Waals surface area (Å²) in [7, 11) is 2.82. The zero-order valence-electron chi connectivity index (χ0n) is 14.2. The highest BCUT2D eigenvalue weighted by Crippen LogP contribution is 2.12. The van der Waals surface area contributed by atoms with Gasteiger partial charge in [-0.3, -0.25) is 14.2 Å². The summed E-state index contributed by atoms with van der Waals surface area (Å²) in [6, 6.07) is 9.05. The Morgan fingerprint density at radius 3 is 2.44 bits per heavy atom. The van der Waals surface area contributed by atoms with E-state index in [1.807, 2.05) is 19.1 Å². The second kappa shape index (κ2) is 7.45. The third-order valence-electron chi connectivity index (χ3n) is 3.76. The summed E-state index contributed by atoms with van der Waals surface area (Å²) in [6.45, 7) is 2.03. The summed E-state index contributed by atoms with van der Waals surface area (Å²) in [4.78, 5) is 36.1. The Hall–Kier alpha value is -3.40. The van der Waals surface area contributed by atoms with E-state index in [9.17, 15) is 19.6 Å². The lowest BCUT2D eigenvalue weighted by Crippen LogP contribution is -2.37. The smallest absolute Gasteiger partial charge is 0.321 e. The Kier molecular flexibility index (Phi) is 5.35. The van der Waals surface area contributed by atoms with Gasteiger partial charge in [0, 0.05) is 26.0 Å². The number of aromatic nitrogens is 2. The van der Waals surface area contributed by atoms with Crippen molar-refractivity contribution in [2.75, 3.05) is 5.32 Å². The van der Waals surface area contributed by atoms with Crippen molar-refractivity contribution in [2.45, 2.75) is 13.3 Å². The van der Waals surface area contributed by atoms with Crippen LogP contribution in [0.5, 0.6) is 0 Å². The molecule has 1 heterocycles. The fraction of sp³-hybridized carbons (Fsp3) is 0.222. The van der Waals surface area contributed by atoms with Crippen LogP contribution in [0.15, 0.2) is 45.6 Å². The molecule has 0 atom stereocenters. The molecule has 1 aromatic carbocycles. The monoisotopic (exact) mass is 338 g/mol. The SMILES string of the molecule is CCc1ccc(NC(=O)/C(C#N)=C/c2cn(C)c(=O)n(C)c2=O)cc1. The van der Waals surface area contributed by atoms with Gasteiger partial charge in [-0.1, -0.05) is 19.1 Å². The highest BCUT2D eigenvalue weighted by atomic mass is 16.2. The summed E-state index contributed by atoms with van der Waals surface area (Å²) < 4.78 is 2.13. The van der Waals surface area contributed by atoms with Gasteiger partial charge in [0.25, 0.3) is 11.5 Å². The lowest BCUT2D eigenvalue weighted by atomic mass is 10.1. The van der Waals surface area contributed by atoms with Gasteiger partial charge in [-0.15, -0.1) is 0 Å². The number of hydrogen-bond acceptors (Lipinski definition) is 4. The molecule has 0 saturated carbocycles. The van der Waals surface area contributed by atoms with Gasteiger partial charge in [0.2, 0.25) is 0 Å². The van der Waals surface area contributed by atoms with Crippen LogP contribution in [-0.4, -0.2) is 15.0 Å². The number of anilines is 1. The largest absolute Gasteiger partial charge is 0.330 e. The lowest BCUT2D eigenvalue weighted by molar-refractivity contribution is -0.112. The number of nitrogens with one attached hydrogen (secondary N) is 1. The number of hydrogen-bond donors (Lipinski definition) is 1. The van der Waals surface area contributed by atoms with E-state index < -0.39 is 17.2 Å². The van der Waals surface area contributed by atoms with E-state index in [2.05, 4.69) is 5.32 Å². The summed E-state index contributed by atoms with van der Waals surface area (Å²) in [5, 5.41) is 11.9. The maximum atomic E-state index is 12.3. The quantitative estimate of drug-likeness (QED) is 0.669. The number of aryl methyl sites for hydroxylation is 2. The van der Waals surface area contributed by atoms with Crippen LogP contribution >= 0.6 is 0 Å². The third kappa shape index (κ3) is 3.93. The van der Waals surface area contributed by atoms with E-state index in [1.165, 1.54) is 30.9 Å². The molecule has 0 aliphatic heterocycles. The van der Waals surface area contributed by atoms with Crippen molar-refractivity contribution in [2.24, 2.45) is 14.1 Å². The minimum atomic E-state index is -0.623. The first-order chi connectivity index (χ1) is 11.9. The van der Waals surface area contributed by atoms with Crippen LogP contribution in [0, 0.1) is 11.3 Å². The number of amides is 1. The van der Waals surface area contributed by atoms with E-state index >= 15 is 0 Å². The molecule has 1 N–H and O–H groups in total. The minimum absolute atomic E-state index is 0.0811. The highest BCUT2D eigenvalue weighted by molar-refractivity contribution is 6.09. The molecule has 1 amide bonds. The topological polar surface area (TPSA) is 96.9 Å². The van der Waals surface area contributed by atoms with Gasteiger partial charge in [-0.2, -0.15) is 5.26 Å². The number of rotatable bonds is 4. The van der Waals surface area contributed by atoms with Crippen LogP contribution < -0.4 is 16.6 Å². The molecule has 2 rings (SSSR count). The Morgan fingerprint density at radius 1 is 1.24 bits per heavy atom. The second-order valence-electron chi connectivity index (χ2n) is 5.52. The number of benzene rings is 1. The summed E-state index contributed by atoms with van der Waals surface area (Å²) in [5.74, 6) is -0.623. The van der Waals surface area contributed by atoms with E-state index in [4.69, 9.17) is 0 Å².